The molecule has 1 heterocycles. The molecule has 1 amide bonds. The zero-order valence-corrected chi connectivity index (χ0v) is 17.4. The topological polar surface area (TPSA) is 88.2 Å². The Kier molecular flexibility index (Phi) is 5.81. The van der Waals surface area contributed by atoms with Crippen LogP contribution >= 0.6 is 11.3 Å². The maximum Gasteiger partial charge on any atom is 0.255 e. The van der Waals surface area contributed by atoms with Gasteiger partial charge in [0.15, 0.2) is 15.0 Å². The maximum atomic E-state index is 12.5. The Bertz CT molecular complexity index is 1090. The number of amides is 1. The highest BCUT2D eigenvalue weighted by Gasteiger charge is 2.19. The number of sulfone groups is 1. The minimum absolute atomic E-state index is 0.212. The summed E-state index contributed by atoms with van der Waals surface area (Å²) in [5, 5.41) is 8.25. The van der Waals surface area contributed by atoms with Gasteiger partial charge in [-0.1, -0.05) is 6.07 Å². The average molecular weight is 416 g/mol. The number of carbonyl (C=O) groups is 1. The van der Waals surface area contributed by atoms with Crippen LogP contribution in [0.15, 0.2) is 58.8 Å². The van der Waals surface area contributed by atoms with E-state index in [2.05, 4.69) is 15.6 Å². The van der Waals surface area contributed by atoms with Crippen LogP contribution in [0.25, 0.3) is 0 Å². The third-order valence-electron chi connectivity index (χ3n) is 4.06. The second kappa shape index (κ2) is 8.12. The first-order valence-corrected chi connectivity index (χ1v) is 11.1. The summed E-state index contributed by atoms with van der Waals surface area (Å²) < 4.78 is 24.4. The largest absolute Gasteiger partial charge is 0.331 e. The van der Waals surface area contributed by atoms with Crippen LogP contribution in [-0.4, -0.2) is 24.6 Å². The molecule has 0 saturated heterocycles. The van der Waals surface area contributed by atoms with E-state index in [1.165, 1.54) is 35.6 Å². The van der Waals surface area contributed by atoms with Crippen LogP contribution in [0.3, 0.4) is 0 Å². The molecule has 0 fully saturated rings. The molecule has 0 unspecified atom stereocenters. The number of aromatic nitrogens is 1. The summed E-state index contributed by atoms with van der Waals surface area (Å²) in [6.07, 6.45) is 0. The standard InChI is InChI=1S/C20H21N3O3S2/c1-13(2)28(25,26)18-9-7-15(8-10-18)19(24)22-16-5-4-6-17(11-16)23-20-21-14(3)12-27-20/h4-13H,1-3H3,(H,21,23)(H,22,24). The summed E-state index contributed by atoms with van der Waals surface area (Å²) >= 11 is 1.51. The first kappa shape index (κ1) is 20.0. The molecular weight excluding hydrogens is 394 g/mol. The Hall–Kier alpha value is -2.71. The Labute approximate surface area is 168 Å². The van der Waals surface area contributed by atoms with Gasteiger partial charge in [0.05, 0.1) is 15.8 Å². The van der Waals surface area contributed by atoms with Gasteiger partial charge in [0.1, 0.15) is 0 Å². The Balaban J connectivity index is 1.72. The third kappa shape index (κ3) is 4.58. The summed E-state index contributed by atoms with van der Waals surface area (Å²) in [4.78, 5) is 17.1. The van der Waals surface area contributed by atoms with Crippen LogP contribution in [0.5, 0.6) is 0 Å². The van der Waals surface area contributed by atoms with Gasteiger partial charge in [0.25, 0.3) is 5.91 Å². The van der Waals surface area contributed by atoms with Crippen molar-refractivity contribution in [3.63, 3.8) is 0 Å². The van der Waals surface area contributed by atoms with E-state index in [-0.39, 0.29) is 10.8 Å². The lowest BCUT2D eigenvalue weighted by atomic mass is 10.2. The van der Waals surface area contributed by atoms with E-state index in [0.717, 1.165) is 16.5 Å². The molecule has 0 aliphatic carbocycles. The van der Waals surface area contributed by atoms with E-state index in [1.807, 2.05) is 30.5 Å². The van der Waals surface area contributed by atoms with Gasteiger partial charge >= 0.3 is 0 Å². The summed E-state index contributed by atoms with van der Waals surface area (Å²) in [6, 6.07) is 13.3. The van der Waals surface area contributed by atoms with Crippen molar-refractivity contribution >= 4 is 43.6 Å². The van der Waals surface area contributed by atoms with Crippen LogP contribution < -0.4 is 10.6 Å². The van der Waals surface area contributed by atoms with Crippen LogP contribution in [0.4, 0.5) is 16.5 Å². The second-order valence-electron chi connectivity index (χ2n) is 6.57. The van der Waals surface area contributed by atoms with E-state index in [1.54, 1.807) is 19.9 Å². The van der Waals surface area contributed by atoms with Crippen LogP contribution in [0, 0.1) is 6.92 Å². The second-order valence-corrected chi connectivity index (χ2v) is 9.93. The highest BCUT2D eigenvalue weighted by atomic mass is 32.2. The van der Waals surface area contributed by atoms with Crippen LogP contribution in [0.2, 0.25) is 0 Å². The molecule has 8 heteroatoms. The lowest BCUT2D eigenvalue weighted by Gasteiger charge is -2.10. The van der Waals surface area contributed by atoms with Crippen molar-refractivity contribution in [1.29, 1.82) is 0 Å². The molecule has 146 valence electrons. The number of carbonyl (C=O) groups excluding carboxylic acids is 1. The van der Waals surface area contributed by atoms with E-state index in [0.29, 0.717) is 11.3 Å². The Morgan fingerprint density at radius 3 is 2.36 bits per heavy atom. The van der Waals surface area contributed by atoms with Crippen LogP contribution in [-0.2, 0) is 9.84 Å². The third-order valence-corrected chi connectivity index (χ3v) is 7.10. The van der Waals surface area contributed by atoms with E-state index < -0.39 is 15.1 Å². The van der Waals surface area contributed by atoms with Crippen molar-refractivity contribution in [3.8, 4) is 0 Å². The zero-order chi connectivity index (χ0) is 20.3. The molecule has 2 aromatic carbocycles. The van der Waals surface area contributed by atoms with E-state index in [4.69, 9.17) is 0 Å². The molecule has 3 rings (SSSR count). The van der Waals surface area contributed by atoms with Crippen molar-refractivity contribution in [2.75, 3.05) is 10.6 Å². The highest BCUT2D eigenvalue weighted by molar-refractivity contribution is 7.92. The Morgan fingerprint density at radius 1 is 1.07 bits per heavy atom. The fourth-order valence-corrected chi connectivity index (χ4v) is 4.25. The summed E-state index contributed by atoms with van der Waals surface area (Å²) in [6.45, 7) is 5.18. The van der Waals surface area contributed by atoms with Crippen molar-refractivity contribution in [1.82, 2.24) is 4.98 Å². The van der Waals surface area contributed by atoms with Gasteiger partial charge in [-0.2, -0.15) is 0 Å². The van der Waals surface area contributed by atoms with Gasteiger partial charge < -0.3 is 10.6 Å². The average Bonchev–Trinajstić information content (AvgIpc) is 3.06. The van der Waals surface area contributed by atoms with Crippen LogP contribution in [0.1, 0.15) is 29.9 Å². The maximum absolute atomic E-state index is 12.5. The number of thiazole rings is 1. The van der Waals surface area contributed by atoms with Gasteiger partial charge in [0, 0.05) is 22.3 Å². The lowest BCUT2D eigenvalue weighted by molar-refractivity contribution is 0.102. The molecular formula is C20H21N3O3S2. The number of aryl methyl sites for hydroxylation is 1. The minimum Gasteiger partial charge on any atom is -0.331 e. The van der Waals surface area contributed by atoms with Crippen molar-refractivity contribution in [2.45, 2.75) is 30.9 Å². The number of anilines is 3. The fourth-order valence-electron chi connectivity index (χ4n) is 2.48. The molecule has 0 radical (unpaired) electrons. The Morgan fingerprint density at radius 2 is 1.75 bits per heavy atom. The first-order chi connectivity index (χ1) is 13.3. The molecule has 2 N–H and O–H groups in total. The minimum atomic E-state index is -3.36. The molecule has 1 aromatic heterocycles. The molecule has 0 aliphatic heterocycles. The molecule has 28 heavy (non-hydrogen) atoms. The smallest absolute Gasteiger partial charge is 0.255 e. The number of nitrogens with one attached hydrogen (secondary N) is 2. The number of hydrogen-bond acceptors (Lipinski definition) is 6. The molecule has 0 bridgehead atoms. The molecule has 0 atom stereocenters. The number of benzene rings is 2. The molecule has 6 nitrogen and oxygen atoms in total. The quantitative estimate of drug-likeness (QED) is 0.613. The molecule has 3 aromatic rings. The van der Waals surface area contributed by atoms with Crippen molar-refractivity contribution in [2.24, 2.45) is 0 Å². The lowest BCUT2D eigenvalue weighted by Crippen LogP contribution is -2.15. The van der Waals surface area contributed by atoms with Gasteiger partial charge in [-0.25, -0.2) is 13.4 Å². The van der Waals surface area contributed by atoms with Gasteiger partial charge in [-0.3, -0.25) is 4.79 Å². The normalized spacial score (nSPS) is 11.4. The summed E-state index contributed by atoms with van der Waals surface area (Å²) in [5.41, 5.74) is 2.77. The van der Waals surface area contributed by atoms with Crippen molar-refractivity contribution in [3.05, 3.63) is 65.2 Å². The SMILES string of the molecule is Cc1csc(Nc2cccc(NC(=O)c3ccc(S(=O)(=O)C(C)C)cc3)c2)n1. The zero-order valence-electron chi connectivity index (χ0n) is 15.8. The van der Waals surface area contributed by atoms with E-state index in [9.17, 15) is 13.2 Å². The van der Waals surface area contributed by atoms with Gasteiger partial charge in [-0.05, 0) is 63.2 Å². The van der Waals surface area contributed by atoms with Gasteiger partial charge in [-0.15, -0.1) is 11.3 Å². The van der Waals surface area contributed by atoms with E-state index >= 15 is 0 Å². The number of rotatable bonds is 6. The summed E-state index contributed by atoms with van der Waals surface area (Å²) in [7, 11) is -3.36. The van der Waals surface area contributed by atoms with Crippen molar-refractivity contribution < 1.29 is 13.2 Å². The molecule has 0 saturated carbocycles. The first-order valence-electron chi connectivity index (χ1n) is 8.70. The predicted molar refractivity (Wildman–Crippen MR) is 113 cm³/mol. The summed E-state index contributed by atoms with van der Waals surface area (Å²) in [5.74, 6) is -0.310. The van der Waals surface area contributed by atoms with Gasteiger partial charge in [0.2, 0.25) is 0 Å². The molecule has 0 aliphatic rings. The fraction of sp³-hybridized carbons (Fsp3) is 0.200. The highest BCUT2D eigenvalue weighted by Crippen LogP contribution is 2.23. The molecule has 0 spiro atoms. The number of nitrogens with zero attached hydrogens (tertiary/aromatic N) is 1. The number of hydrogen-bond donors (Lipinski definition) is 2. The monoisotopic (exact) mass is 415 g/mol. The predicted octanol–water partition coefficient (Wildman–Crippen LogP) is 4.63.